The molecule has 1 aromatic heterocycles. The highest BCUT2D eigenvalue weighted by Gasteiger charge is 1.93. The van der Waals surface area contributed by atoms with Crippen LogP contribution in [0.2, 0.25) is 0 Å². The van der Waals surface area contributed by atoms with E-state index in [1.54, 1.807) is 6.26 Å². The van der Waals surface area contributed by atoms with E-state index in [1.165, 1.54) is 0 Å². The topological polar surface area (TPSA) is 42.6 Å². The maximum atomic E-state index is 8.24. The van der Waals surface area contributed by atoms with Crippen LogP contribution in [0.1, 0.15) is 5.76 Å². The molecule has 3 heteroatoms. The molecule has 56 valence electrons. The van der Waals surface area contributed by atoms with Crippen LogP contribution in [0.5, 0.6) is 0 Å². The summed E-state index contributed by atoms with van der Waals surface area (Å²) in [5, 5.41) is 8.24. The molecule has 0 aliphatic carbocycles. The maximum absolute atomic E-state index is 8.24. The summed E-state index contributed by atoms with van der Waals surface area (Å²) in [5.41, 5.74) is 0. The molecule has 1 heterocycles. The lowest BCUT2D eigenvalue weighted by Crippen LogP contribution is -1.97. The number of rotatable bonds is 4. The minimum absolute atomic E-state index is 0.222. The zero-order chi connectivity index (χ0) is 7.23. The van der Waals surface area contributed by atoms with Gasteiger partial charge in [-0.2, -0.15) is 0 Å². The van der Waals surface area contributed by atoms with Crippen LogP contribution in [0.3, 0.4) is 0 Å². The first-order valence-corrected chi connectivity index (χ1v) is 3.14. The van der Waals surface area contributed by atoms with Crippen molar-refractivity contribution >= 4 is 0 Å². The molecule has 0 atom stereocenters. The quantitative estimate of drug-likeness (QED) is 0.499. The van der Waals surface area contributed by atoms with Gasteiger partial charge in [0.15, 0.2) is 0 Å². The summed E-state index contributed by atoms with van der Waals surface area (Å²) in [6.07, 6.45) is 2.34. The van der Waals surface area contributed by atoms with Crippen LogP contribution in [0.4, 0.5) is 0 Å². The van der Waals surface area contributed by atoms with Gasteiger partial charge in [0.25, 0.3) is 0 Å². The first-order chi connectivity index (χ1) is 4.93. The van der Waals surface area contributed by atoms with Crippen molar-refractivity contribution in [2.45, 2.75) is 6.42 Å². The SMILES string of the molecule is OCOCCc1ccco1. The van der Waals surface area contributed by atoms with Crippen LogP contribution >= 0.6 is 0 Å². The molecule has 0 radical (unpaired) electrons. The largest absolute Gasteiger partial charge is 0.469 e. The van der Waals surface area contributed by atoms with E-state index in [-0.39, 0.29) is 6.79 Å². The fourth-order valence-electron chi connectivity index (χ4n) is 0.692. The monoisotopic (exact) mass is 142 g/mol. The van der Waals surface area contributed by atoms with E-state index in [4.69, 9.17) is 14.3 Å². The van der Waals surface area contributed by atoms with E-state index in [0.717, 1.165) is 5.76 Å². The third kappa shape index (κ3) is 2.21. The van der Waals surface area contributed by atoms with Crippen molar-refractivity contribution in [2.75, 3.05) is 13.4 Å². The maximum Gasteiger partial charge on any atom is 0.143 e. The van der Waals surface area contributed by atoms with Crippen molar-refractivity contribution < 1.29 is 14.3 Å². The highest BCUT2D eigenvalue weighted by Crippen LogP contribution is 2.00. The predicted octanol–water partition coefficient (Wildman–Crippen LogP) is 0.788. The van der Waals surface area contributed by atoms with Gasteiger partial charge in [0.2, 0.25) is 0 Å². The molecule has 3 nitrogen and oxygen atoms in total. The summed E-state index contributed by atoms with van der Waals surface area (Å²) in [6, 6.07) is 3.70. The number of furan rings is 1. The van der Waals surface area contributed by atoms with E-state index in [9.17, 15) is 0 Å². The number of hydrogen-bond donors (Lipinski definition) is 1. The minimum atomic E-state index is -0.222. The van der Waals surface area contributed by atoms with Crippen molar-refractivity contribution in [3.8, 4) is 0 Å². The fraction of sp³-hybridized carbons (Fsp3) is 0.429. The highest BCUT2D eigenvalue weighted by molar-refractivity contribution is 4.97. The summed E-state index contributed by atoms with van der Waals surface area (Å²) in [5.74, 6) is 0.883. The van der Waals surface area contributed by atoms with Crippen LogP contribution in [0.15, 0.2) is 22.8 Å². The van der Waals surface area contributed by atoms with Gasteiger partial charge in [-0.05, 0) is 12.1 Å². The molecule has 0 saturated heterocycles. The van der Waals surface area contributed by atoms with Gasteiger partial charge in [-0.3, -0.25) is 0 Å². The Bertz CT molecular complexity index is 157. The molecule has 1 N–H and O–H groups in total. The van der Waals surface area contributed by atoms with Gasteiger partial charge < -0.3 is 14.3 Å². The Kier molecular flexibility index (Phi) is 2.99. The molecule has 0 amide bonds. The Morgan fingerprint density at radius 2 is 2.50 bits per heavy atom. The van der Waals surface area contributed by atoms with Crippen LogP contribution in [-0.4, -0.2) is 18.5 Å². The molecule has 0 fully saturated rings. The van der Waals surface area contributed by atoms with E-state index in [1.807, 2.05) is 12.1 Å². The van der Waals surface area contributed by atoms with Crippen molar-refractivity contribution in [2.24, 2.45) is 0 Å². The van der Waals surface area contributed by atoms with E-state index < -0.39 is 0 Å². The molecule has 1 rings (SSSR count). The Balaban J connectivity index is 2.15. The standard InChI is InChI=1S/C7H10O3/c8-6-9-5-3-7-2-1-4-10-7/h1-2,4,8H,3,5-6H2. The number of aliphatic hydroxyl groups is 1. The van der Waals surface area contributed by atoms with Crippen molar-refractivity contribution in [1.82, 2.24) is 0 Å². The summed E-state index contributed by atoms with van der Waals surface area (Å²) in [6.45, 7) is 0.282. The van der Waals surface area contributed by atoms with Gasteiger partial charge in [0.05, 0.1) is 12.9 Å². The molecule has 10 heavy (non-hydrogen) atoms. The molecule has 0 aromatic carbocycles. The second-order valence-corrected chi connectivity index (χ2v) is 1.87. The highest BCUT2D eigenvalue weighted by atomic mass is 16.6. The Hall–Kier alpha value is -0.800. The Morgan fingerprint density at radius 3 is 3.10 bits per heavy atom. The van der Waals surface area contributed by atoms with Crippen LogP contribution in [-0.2, 0) is 11.2 Å². The average molecular weight is 142 g/mol. The van der Waals surface area contributed by atoms with Gasteiger partial charge in [0.1, 0.15) is 12.6 Å². The predicted molar refractivity (Wildman–Crippen MR) is 35.4 cm³/mol. The van der Waals surface area contributed by atoms with Crippen LogP contribution < -0.4 is 0 Å². The zero-order valence-corrected chi connectivity index (χ0v) is 5.62. The van der Waals surface area contributed by atoms with E-state index in [0.29, 0.717) is 13.0 Å². The van der Waals surface area contributed by atoms with Gasteiger partial charge in [-0.15, -0.1) is 0 Å². The Morgan fingerprint density at radius 1 is 1.60 bits per heavy atom. The van der Waals surface area contributed by atoms with E-state index in [2.05, 4.69) is 0 Å². The van der Waals surface area contributed by atoms with Gasteiger partial charge in [0, 0.05) is 6.42 Å². The van der Waals surface area contributed by atoms with Gasteiger partial charge >= 0.3 is 0 Å². The van der Waals surface area contributed by atoms with Crippen LogP contribution in [0.25, 0.3) is 0 Å². The summed E-state index contributed by atoms with van der Waals surface area (Å²) in [4.78, 5) is 0. The molecule has 0 aliphatic rings. The van der Waals surface area contributed by atoms with Crippen molar-refractivity contribution in [1.29, 1.82) is 0 Å². The molecule has 0 bridgehead atoms. The molecular weight excluding hydrogens is 132 g/mol. The molecule has 0 saturated carbocycles. The molecule has 1 aromatic rings. The van der Waals surface area contributed by atoms with Gasteiger partial charge in [-0.25, -0.2) is 0 Å². The normalized spacial score (nSPS) is 10.1. The number of ether oxygens (including phenoxy) is 1. The van der Waals surface area contributed by atoms with Gasteiger partial charge in [-0.1, -0.05) is 0 Å². The molecule has 0 spiro atoms. The third-order valence-electron chi connectivity index (χ3n) is 1.16. The molecule has 0 unspecified atom stereocenters. The molecule has 0 aliphatic heterocycles. The van der Waals surface area contributed by atoms with Crippen LogP contribution in [0, 0.1) is 0 Å². The first kappa shape index (κ1) is 7.31. The van der Waals surface area contributed by atoms with Crippen molar-refractivity contribution in [3.05, 3.63) is 24.2 Å². The Labute approximate surface area is 59.2 Å². The van der Waals surface area contributed by atoms with E-state index >= 15 is 0 Å². The summed E-state index contributed by atoms with van der Waals surface area (Å²) in [7, 11) is 0. The lowest BCUT2D eigenvalue weighted by molar-refractivity contribution is -0.000934. The van der Waals surface area contributed by atoms with Crippen molar-refractivity contribution in [3.63, 3.8) is 0 Å². The lowest BCUT2D eigenvalue weighted by Gasteiger charge is -1.95. The second kappa shape index (κ2) is 4.09. The number of aliphatic hydroxyl groups excluding tert-OH is 1. The summed E-state index contributed by atoms with van der Waals surface area (Å²) >= 11 is 0. The summed E-state index contributed by atoms with van der Waals surface area (Å²) < 4.78 is 9.72. The lowest BCUT2D eigenvalue weighted by atomic mass is 10.3. The third-order valence-corrected chi connectivity index (χ3v) is 1.16. The molecular formula is C7H10O3. The fourth-order valence-corrected chi connectivity index (χ4v) is 0.692. The first-order valence-electron chi connectivity index (χ1n) is 3.14. The zero-order valence-electron chi connectivity index (χ0n) is 5.62. The minimum Gasteiger partial charge on any atom is -0.469 e. The number of hydrogen-bond acceptors (Lipinski definition) is 3. The average Bonchev–Trinajstić information content (AvgIpc) is 2.41. The smallest absolute Gasteiger partial charge is 0.143 e. The second-order valence-electron chi connectivity index (χ2n) is 1.87.